The van der Waals surface area contributed by atoms with Crippen molar-refractivity contribution in [3.8, 4) is 0 Å². The molecule has 0 spiro atoms. The van der Waals surface area contributed by atoms with Gasteiger partial charge < -0.3 is 5.32 Å². The predicted molar refractivity (Wildman–Crippen MR) is 96.2 cm³/mol. The van der Waals surface area contributed by atoms with Crippen LogP contribution in [-0.4, -0.2) is 23.9 Å². The first kappa shape index (κ1) is 18.7. The number of nitrogens with zero attached hydrogens (tertiary/aromatic N) is 2. The molecule has 0 unspecified atom stereocenters. The maximum Gasteiger partial charge on any atom is 0.278 e. The number of aromatic nitrogens is 2. The van der Waals surface area contributed by atoms with Crippen LogP contribution in [0.4, 0.5) is 10.1 Å². The van der Waals surface area contributed by atoms with Gasteiger partial charge in [0.15, 0.2) is 9.90 Å². The summed E-state index contributed by atoms with van der Waals surface area (Å²) in [4.78, 5) is 12.3. The van der Waals surface area contributed by atoms with Crippen molar-refractivity contribution in [3.05, 3.63) is 64.0 Å². The zero-order valence-corrected chi connectivity index (χ0v) is 15.8. The summed E-state index contributed by atoms with van der Waals surface area (Å²) in [5.41, 5.74) is -0.292. The number of hydrogen-bond acceptors (Lipinski definition) is 6. The van der Waals surface area contributed by atoms with E-state index in [0.29, 0.717) is 16.6 Å². The molecule has 0 fully saturated rings. The van der Waals surface area contributed by atoms with E-state index in [1.807, 2.05) is 0 Å². The van der Waals surface area contributed by atoms with Gasteiger partial charge in [-0.3, -0.25) is 4.79 Å². The molecule has 0 aliphatic rings. The van der Waals surface area contributed by atoms with Gasteiger partial charge in [0, 0.05) is 22.2 Å². The Labute approximate surface area is 161 Å². The Kier molecular flexibility index (Phi) is 5.24. The zero-order valence-electron chi connectivity index (χ0n) is 12.6. The van der Waals surface area contributed by atoms with Crippen molar-refractivity contribution in [2.45, 2.75) is 9.10 Å². The molecule has 0 saturated carbocycles. The lowest BCUT2D eigenvalue weighted by atomic mass is 10.3. The van der Waals surface area contributed by atoms with E-state index < -0.39 is 21.6 Å². The molecule has 0 radical (unpaired) electrons. The van der Waals surface area contributed by atoms with Crippen molar-refractivity contribution in [1.82, 2.24) is 9.59 Å². The van der Waals surface area contributed by atoms with Crippen molar-refractivity contribution in [2.75, 3.05) is 5.32 Å². The molecule has 0 atom stereocenters. The number of carbonyl (C=O) groups excluding carboxylic acids is 1. The Morgan fingerprint density at radius 3 is 2.46 bits per heavy atom. The predicted octanol–water partition coefficient (Wildman–Crippen LogP) is 4.07. The number of rotatable bonds is 4. The lowest BCUT2D eigenvalue weighted by molar-refractivity contribution is 0.101. The second kappa shape index (κ2) is 7.28. The summed E-state index contributed by atoms with van der Waals surface area (Å²) in [5, 5.41) is 6.22. The molecule has 2 aromatic carbocycles. The van der Waals surface area contributed by atoms with Gasteiger partial charge in [0.1, 0.15) is 5.82 Å². The lowest BCUT2D eigenvalue weighted by Crippen LogP contribution is -2.16. The Hall–Kier alpha value is -2.07. The SMILES string of the molecule is O=C(Nc1ccc(Cl)c(F)c1)c1nnsc1S(=O)(=O)c1ccc(Cl)cc1. The van der Waals surface area contributed by atoms with Crippen molar-refractivity contribution in [2.24, 2.45) is 0 Å². The standard InChI is InChI=1S/C15H8Cl2FN3O3S2/c16-8-1-4-10(5-2-8)26(23,24)15-13(20-21-25-15)14(22)19-9-3-6-11(17)12(18)7-9/h1-7H,(H,19,22). The van der Waals surface area contributed by atoms with Gasteiger partial charge in [0.2, 0.25) is 9.84 Å². The number of halogens is 3. The number of nitrogens with one attached hydrogen (secondary N) is 1. The quantitative estimate of drug-likeness (QED) is 0.672. The highest BCUT2D eigenvalue weighted by Crippen LogP contribution is 2.28. The van der Waals surface area contributed by atoms with Crippen molar-refractivity contribution in [3.63, 3.8) is 0 Å². The van der Waals surface area contributed by atoms with Gasteiger partial charge in [0.25, 0.3) is 5.91 Å². The minimum Gasteiger partial charge on any atom is -0.320 e. The summed E-state index contributed by atoms with van der Waals surface area (Å²) >= 11 is 11.9. The van der Waals surface area contributed by atoms with Crippen LogP contribution in [0.3, 0.4) is 0 Å². The highest BCUT2D eigenvalue weighted by molar-refractivity contribution is 7.93. The van der Waals surface area contributed by atoms with Gasteiger partial charge in [-0.25, -0.2) is 12.8 Å². The first-order valence-electron chi connectivity index (χ1n) is 6.88. The summed E-state index contributed by atoms with van der Waals surface area (Å²) in [6.07, 6.45) is 0. The molecule has 1 aromatic heterocycles. The fourth-order valence-electron chi connectivity index (χ4n) is 1.98. The number of anilines is 1. The number of sulfone groups is 1. The highest BCUT2D eigenvalue weighted by Gasteiger charge is 2.29. The van der Waals surface area contributed by atoms with Gasteiger partial charge >= 0.3 is 0 Å². The van der Waals surface area contributed by atoms with E-state index >= 15 is 0 Å². The van der Waals surface area contributed by atoms with Crippen LogP contribution in [0.25, 0.3) is 0 Å². The van der Waals surface area contributed by atoms with Crippen LogP contribution < -0.4 is 5.32 Å². The first-order valence-corrected chi connectivity index (χ1v) is 9.89. The summed E-state index contributed by atoms with van der Waals surface area (Å²) in [7, 11) is -4.02. The van der Waals surface area contributed by atoms with Crippen LogP contribution in [-0.2, 0) is 9.84 Å². The second-order valence-corrected chi connectivity index (χ2v) is 8.69. The minimum atomic E-state index is -4.02. The van der Waals surface area contributed by atoms with Crippen LogP contribution in [0, 0.1) is 5.82 Å². The van der Waals surface area contributed by atoms with E-state index in [1.165, 1.54) is 36.4 Å². The van der Waals surface area contributed by atoms with Gasteiger partial charge in [-0.15, -0.1) is 5.10 Å². The fraction of sp³-hybridized carbons (Fsp3) is 0. The van der Waals surface area contributed by atoms with Crippen molar-refractivity contribution >= 4 is 56.2 Å². The molecular formula is C15H8Cl2FN3O3S2. The van der Waals surface area contributed by atoms with Crippen LogP contribution in [0.5, 0.6) is 0 Å². The zero-order chi connectivity index (χ0) is 18.9. The highest BCUT2D eigenvalue weighted by atomic mass is 35.5. The monoisotopic (exact) mass is 431 g/mol. The third-order valence-electron chi connectivity index (χ3n) is 3.22. The molecule has 26 heavy (non-hydrogen) atoms. The molecule has 6 nitrogen and oxygen atoms in total. The normalized spacial score (nSPS) is 11.3. The van der Waals surface area contributed by atoms with Gasteiger partial charge in [-0.1, -0.05) is 27.7 Å². The van der Waals surface area contributed by atoms with E-state index in [9.17, 15) is 17.6 Å². The Morgan fingerprint density at radius 2 is 1.81 bits per heavy atom. The molecule has 3 rings (SSSR count). The van der Waals surface area contributed by atoms with Gasteiger partial charge in [-0.2, -0.15) is 0 Å². The van der Waals surface area contributed by atoms with Crippen LogP contribution >= 0.6 is 34.7 Å². The average molecular weight is 432 g/mol. The molecule has 0 bridgehead atoms. The molecule has 0 aliphatic heterocycles. The van der Waals surface area contributed by atoms with E-state index in [4.69, 9.17) is 23.2 Å². The van der Waals surface area contributed by atoms with Gasteiger partial charge in [-0.05, 0) is 42.5 Å². The van der Waals surface area contributed by atoms with Gasteiger partial charge in [0.05, 0.1) is 9.92 Å². The van der Waals surface area contributed by atoms with Crippen LogP contribution in [0.1, 0.15) is 10.5 Å². The van der Waals surface area contributed by atoms with E-state index in [1.54, 1.807) is 0 Å². The molecule has 0 aliphatic carbocycles. The molecule has 134 valence electrons. The van der Waals surface area contributed by atoms with E-state index in [0.717, 1.165) is 6.07 Å². The lowest BCUT2D eigenvalue weighted by Gasteiger charge is -2.06. The summed E-state index contributed by atoms with van der Waals surface area (Å²) < 4.78 is 42.1. The maximum absolute atomic E-state index is 13.5. The number of benzene rings is 2. The molecule has 3 aromatic rings. The minimum absolute atomic E-state index is 0.0560. The number of hydrogen-bond donors (Lipinski definition) is 1. The number of carbonyl (C=O) groups is 1. The molecule has 0 saturated heterocycles. The first-order chi connectivity index (χ1) is 12.3. The maximum atomic E-state index is 13.5. The topological polar surface area (TPSA) is 89.0 Å². The molecule has 11 heteroatoms. The largest absolute Gasteiger partial charge is 0.320 e. The molecule has 1 amide bonds. The molecule has 1 heterocycles. The van der Waals surface area contributed by atoms with Crippen molar-refractivity contribution < 1.29 is 17.6 Å². The van der Waals surface area contributed by atoms with E-state index in [2.05, 4.69) is 14.9 Å². The Balaban J connectivity index is 1.93. The van der Waals surface area contributed by atoms with Crippen LogP contribution in [0.15, 0.2) is 51.6 Å². The third kappa shape index (κ3) is 3.70. The third-order valence-corrected chi connectivity index (χ3v) is 6.76. The number of amides is 1. The summed E-state index contributed by atoms with van der Waals surface area (Å²) in [6.45, 7) is 0. The smallest absolute Gasteiger partial charge is 0.278 e. The Morgan fingerprint density at radius 1 is 1.12 bits per heavy atom. The summed E-state index contributed by atoms with van der Waals surface area (Å²) in [5.74, 6) is -1.57. The van der Waals surface area contributed by atoms with Crippen molar-refractivity contribution in [1.29, 1.82) is 0 Å². The van der Waals surface area contributed by atoms with Crippen LogP contribution in [0.2, 0.25) is 10.0 Å². The second-order valence-electron chi connectivity index (χ2n) is 4.95. The fourth-order valence-corrected chi connectivity index (χ4v) is 4.52. The summed E-state index contributed by atoms with van der Waals surface area (Å²) in [6, 6.07) is 9.10. The Bertz CT molecular complexity index is 1090. The average Bonchev–Trinajstić information content (AvgIpc) is 3.09. The molecular weight excluding hydrogens is 424 g/mol. The molecule has 1 N–H and O–H groups in total. The van der Waals surface area contributed by atoms with E-state index in [-0.39, 0.29) is 25.5 Å².